The van der Waals surface area contributed by atoms with Crippen LogP contribution >= 0.6 is 0 Å². The van der Waals surface area contributed by atoms with Gasteiger partial charge in [-0.2, -0.15) is 0 Å². The average Bonchev–Trinajstić information content (AvgIpc) is 2.88. The highest BCUT2D eigenvalue weighted by Crippen LogP contribution is 2.51. The minimum Gasteiger partial charge on any atom is -0.392 e. The molecule has 0 bridgehead atoms. The fourth-order valence-corrected chi connectivity index (χ4v) is 3.85. The molecule has 1 nitrogen and oxygen atoms in total. The van der Waals surface area contributed by atoms with E-state index in [0.717, 1.165) is 42.0 Å². The largest absolute Gasteiger partial charge is 0.392 e. The van der Waals surface area contributed by atoms with Crippen LogP contribution < -0.4 is 0 Å². The number of aliphatic hydroxyl groups is 1. The number of benzene rings is 2. The number of aliphatic hydroxyl groups excluding tert-OH is 1. The maximum atomic E-state index is 14.3. The summed E-state index contributed by atoms with van der Waals surface area (Å²) in [6.07, 6.45) is 3.28. The van der Waals surface area contributed by atoms with Crippen molar-refractivity contribution in [3.05, 3.63) is 59.2 Å². The molecule has 2 aromatic carbocycles. The molecule has 0 unspecified atom stereocenters. The first-order valence-corrected chi connectivity index (χ1v) is 8.11. The highest BCUT2D eigenvalue weighted by molar-refractivity contribution is 5.69. The Morgan fingerprint density at radius 2 is 1.87 bits per heavy atom. The smallest absolute Gasteiger partial charge is 0.131 e. The first-order chi connectivity index (χ1) is 10.9. The highest BCUT2D eigenvalue weighted by atomic mass is 19.1. The molecule has 0 radical (unpaired) electrons. The average molecular weight is 316 g/mol. The van der Waals surface area contributed by atoms with Crippen LogP contribution in [0.4, 0.5) is 8.78 Å². The van der Waals surface area contributed by atoms with Crippen LogP contribution in [0.2, 0.25) is 0 Å². The van der Waals surface area contributed by atoms with E-state index in [-0.39, 0.29) is 17.9 Å². The molecule has 0 aliphatic heterocycles. The van der Waals surface area contributed by atoms with Gasteiger partial charge in [-0.05, 0) is 59.1 Å². The Balaban J connectivity index is 2.19. The standard InChI is InChI=1S/C20H22F2O/c1-20(2)9-3-4-18(20)16-10-13(12-23)5-7-15(16)17-11-14(21)6-8-19(17)22/h5-8,10-11,18,23H,3-4,9,12H2,1-2H3/t18-/m1/s1. The minimum absolute atomic E-state index is 0.0495. The second kappa shape index (κ2) is 6.04. The predicted octanol–water partition coefficient (Wildman–Crippen LogP) is 5.42. The second-order valence-corrected chi connectivity index (χ2v) is 7.14. The predicted molar refractivity (Wildman–Crippen MR) is 88.1 cm³/mol. The summed E-state index contributed by atoms with van der Waals surface area (Å²) in [4.78, 5) is 0. The van der Waals surface area contributed by atoms with Crippen LogP contribution in [0.3, 0.4) is 0 Å². The first-order valence-electron chi connectivity index (χ1n) is 8.11. The minimum atomic E-state index is -0.440. The summed E-state index contributed by atoms with van der Waals surface area (Å²) in [6, 6.07) is 9.12. The Bertz CT molecular complexity index is 722. The molecule has 0 saturated heterocycles. The third-order valence-corrected chi connectivity index (χ3v) is 5.15. The SMILES string of the molecule is CC1(C)CCC[C@@H]1c1cc(CO)ccc1-c1cc(F)ccc1F. The lowest BCUT2D eigenvalue weighted by molar-refractivity contribution is 0.281. The third-order valence-electron chi connectivity index (χ3n) is 5.15. The number of halogens is 2. The fourth-order valence-electron chi connectivity index (χ4n) is 3.85. The molecule has 3 rings (SSSR count). The Kier molecular flexibility index (Phi) is 4.24. The Morgan fingerprint density at radius 1 is 1.09 bits per heavy atom. The molecular formula is C20H22F2O. The van der Waals surface area contributed by atoms with E-state index in [2.05, 4.69) is 13.8 Å². The van der Waals surface area contributed by atoms with Gasteiger partial charge in [0.25, 0.3) is 0 Å². The number of hydrogen-bond acceptors (Lipinski definition) is 1. The van der Waals surface area contributed by atoms with E-state index in [0.29, 0.717) is 5.56 Å². The molecule has 3 heteroatoms. The molecule has 0 amide bonds. The van der Waals surface area contributed by atoms with Crippen LogP contribution in [-0.2, 0) is 6.61 Å². The lowest BCUT2D eigenvalue weighted by Gasteiger charge is -2.29. The van der Waals surface area contributed by atoms with E-state index in [9.17, 15) is 13.9 Å². The quantitative estimate of drug-likeness (QED) is 0.802. The topological polar surface area (TPSA) is 20.2 Å². The van der Waals surface area contributed by atoms with Crippen molar-refractivity contribution in [2.24, 2.45) is 5.41 Å². The molecule has 1 N–H and O–H groups in total. The first kappa shape index (κ1) is 16.1. The molecule has 0 aromatic heterocycles. The molecule has 1 aliphatic carbocycles. The zero-order valence-corrected chi connectivity index (χ0v) is 13.6. The van der Waals surface area contributed by atoms with Gasteiger partial charge in [0.05, 0.1) is 6.61 Å². The summed E-state index contributed by atoms with van der Waals surface area (Å²) in [7, 11) is 0. The van der Waals surface area contributed by atoms with Gasteiger partial charge < -0.3 is 5.11 Å². The molecule has 0 spiro atoms. The number of rotatable bonds is 3. The Morgan fingerprint density at radius 3 is 2.52 bits per heavy atom. The van der Waals surface area contributed by atoms with Crippen LogP contribution in [0.15, 0.2) is 36.4 Å². The van der Waals surface area contributed by atoms with E-state index >= 15 is 0 Å². The van der Waals surface area contributed by atoms with Gasteiger partial charge in [0.15, 0.2) is 0 Å². The van der Waals surface area contributed by atoms with Gasteiger partial charge in [-0.15, -0.1) is 0 Å². The molecule has 122 valence electrons. The van der Waals surface area contributed by atoms with E-state index in [1.807, 2.05) is 12.1 Å². The van der Waals surface area contributed by atoms with E-state index < -0.39 is 11.6 Å². The fraction of sp³-hybridized carbons (Fsp3) is 0.400. The van der Waals surface area contributed by atoms with Crippen molar-refractivity contribution in [1.29, 1.82) is 0 Å². The maximum absolute atomic E-state index is 14.3. The van der Waals surface area contributed by atoms with Crippen molar-refractivity contribution < 1.29 is 13.9 Å². The van der Waals surface area contributed by atoms with E-state index in [4.69, 9.17) is 0 Å². The van der Waals surface area contributed by atoms with Gasteiger partial charge in [0, 0.05) is 5.56 Å². The van der Waals surface area contributed by atoms with Gasteiger partial charge in [0.2, 0.25) is 0 Å². The molecule has 2 aromatic rings. The molecular weight excluding hydrogens is 294 g/mol. The summed E-state index contributed by atoms with van der Waals surface area (Å²) >= 11 is 0. The zero-order chi connectivity index (χ0) is 16.6. The third kappa shape index (κ3) is 3.02. The summed E-state index contributed by atoms with van der Waals surface area (Å²) in [5.74, 6) is -0.573. The van der Waals surface area contributed by atoms with Crippen molar-refractivity contribution in [2.75, 3.05) is 0 Å². The summed E-state index contributed by atoms with van der Waals surface area (Å²) in [6.45, 7) is 4.40. The van der Waals surface area contributed by atoms with Gasteiger partial charge in [0.1, 0.15) is 11.6 Å². The lowest BCUT2D eigenvalue weighted by Crippen LogP contribution is -2.16. The van der Waals surface area contributed by atoms with Crippen LogP contribution in [0.25, 0.3) is 11.1 Å². The Hall–Kier alpha value is -1.74. The van der Waals surface area contributed by atoms with Gasteiger partial charge in [-0.25, -0.2) is 8.78 Å². The highest BCUT2D eigenvalue weighted by Gasteiger charge is 2.37. The number of hydrogen-bond donors (Lipinski definition) is 1. The van der Waals surface area contributed by atoms with Crippen molar-refractivity contribution in [2.45, 2.75) is 45.6 Å². The van der Waals surface area contributed by atoms with Crippen molar-refractivity contribution in [3.8, 4) is 11.1 Å². The molecule has 23 heavy (non-hydrogen) atoms. The van der Waals surface area contributed by atoms with Crippen molar-refractivity contribution in [1.82, 2.24) is 0 Å². The summed E-state index contributed by atoms with van der Waals surface area (Å²) in [5, 5.41) is 9.46. The molecule has 1 fully saturated rings. The van der Waals surface area contributed by atoms with Gasteiger partial charge in [-0.1, -0.05) is 38.5 Å². The maximum Gasteiger partial charge on any atom is 0.131 e. The zero-order valence-electron chi connectivity index (χ0n) is 13.6. The summed E-state index contributed by atoms with van der Waals surface area (Å²) in [5.41, 5.74) is 2.98. The monoisotopic (exact) mass is 316 g/mol. The van der Waals surface area contributed by atoms with Crippen molar-refractivity contribution in [3.63, 3.8) is 0 Å². The molecule has 0 heterocycles. The molecule has 1 atom stereocenters. The van der Waals surface area contributed by atoms with Gasteiger partial charge >= 0.3 is 0 Å². The van der Waals surface area contributed by atoms with Crippen LogP contribution in [0.5, 0.6) is 0 Å². The molecule has 1 saturated carbocycles. The van der Waals surface area contributed by atoms with Gasteiger partial charge in [-0.3, -0.25) is 0 Å². The van der Waals surface area contributed by atoms with Crippen LogP contribution in [-0.4, -0.2) is 5.11 Å². The van der Waals surface area contributed by atoms with Crippen LogP contribution in [0.1, 0.15) is 50.2 Å². The Labute approximate surface area is 136 Å². The van der Waals surface area contributed by atoms with E-state index in [1.165, 1.54) is 12.1 Å². The lowest BCUT2D eigenvalue weighted by atomic mass is 9.75. The van der Waals surface area contributed by atoms with Crippen LogP contribution in [0, 0.1) is 17.0 Å². The second-order valence-electron chi connectivity index (χ2n) is 7.14. The van der Waals surface area contributed by atoms with Crippen molar-refractivity contribution >= 4 is 0 Å². The summed E-state index contributed by atoms with van der Waals surface area (Å²) < 4.78 is 27.9. The van der Waals surface area contributed by atoms with E-state index in [1.54, 1.807) is 6.07 Å². The normalized spacial score (nSPS) is 20.0. The molecule has 1 aliphatic rings.